The number of hydrogen-bond donors (Lipinski definition) is 1. The lowest BCUT2D eigenvalue weighted by molar-refractivity contribution is -0.0498. The van der Waals surface area contributed by atoms with Gasteiger partial charge in [-0.05, 0) is 37.0 Å². The van der Waals surface area contributed by atoms with Crippen molar-refractivity contribution in [3.8, 4) is 5.75 Å². The van der Waals surface area contributed by atoms with Crippen LogP contribution in [0.2, 0.25) is 0 Å². The molecule has 0 aliphatic carbocycles. The first kappa shape index (κ1) is 18.4. The standard InChI is InChI=1S/C17H25F2N3O2/c1-20-17(21-10-9-14-4-3-11-23-14)22(2)12-13-5-7-15(8-6-13)24-16(18)19/h5-8,14,16H,3-4,9-12H2,1-2H3,(H,20,21). The quantitative estimate of drug-likeness (QED) is 0.612. The van der Waals surface area contributed by atoms with Crippen molar-refractivity contribution >= 4 is 5.96 Å². The number of nitrogens with zero attached hydrogens (tertiary/aromatic N) is 2. The predicted molar refractivity (Wildman–Crippen MR) is 89.5 cm³/mol. The number of hydrogen-bond acceptors (Lipinski definition) is 3. The van der Waals surface area contributed by atoms with Crippen molar-refractivity contribution in [2.24, 2.45) is 4.99 Å². The summed E-state index contributed by atoms with van der Waals surface area (Å²) in [5.74, 6) is 0.955. The van der Waals surface area contributed by atoms with Gasteiger partial charge in [0, 0.05) is 33.8 Å². The molecule has 7 heteroatoms. The highest BCUT2D eigenvalue weighted by Gasteiger charge is 2.15. The molecule has 1 saturated heterocycles. The van der Waals surface area contributed by atoms with E-state index in [0.29, 0.717) is 12.6 Å². The Morgan fingerprint density at radius 2 is 2.17 bits per heavy atom. The van der Waals surface area contributed by atoms with E-state index in [1.165, 1.54) is 0 Å². The Bertz CT molecular complexity index is 517. The Kier molecular flexibility index (Phi) is 7.24. The number of aliphatic imine (C=N–C) groups is 1. The van der Waals surface area contributed by atoms with Crippen LogP contribution < -0.4 is 10.1 Å². The van der Waals surface area contributed by atoms with Crippen molar-refractivity contribution in [1.29, 1.82) is 0 Å². The number of ether oxygens (including phenoxy) is 2. The van der Waals surface area contributed by atoms with E-state index < -0.39 is 6.61 Å². The fourth-order valence-electron chi connectivity index (χ4n) is 2.73. The van der Waals surface area contributed by atoms with E-state index in [0.717, 1.165) is 43.9 Å². The zero-order valence-corrected chi connectivity index (χ0v) is 14.2. The first-order valence-corrected chi connectivity index (χ1v) is 8.15. The summed E-state index contributed by atoms with van der Waals surface area (Å²) in [4.78, 5) is 6.26. The van der Waals surface area contributed by atoms with E-state index in [-0.39, 0.29) is 5.75 Å². The van der Waals surface area contributed by atoms with Crippen molar-refractivity contribution in [2.45, 2.75) is 38.5 Å². The summed E-state index contributed by atoms with van der Waals surface area (Å²) < 4.78 is 34.3. The lowest BCUT2D eigenvalue weighted by atomic mass is 10.2. The van der Waals surface area contributed by atoms with Gasteiger partial charge in [-0.2, -0.15) is 8.78 Å². The molecule has 0 spiro atoms. The Labute approximate surface area is 141 Å². The molecule has 134 valence electrons. The van der Waals surface area contributed by atoms with Crippen LogP contribution in [0.1, 0.15) is 24.8 Å². The van der Waals surface area contributed by atoms with E-state index in [2.05, 4.69) is 15.0 Å². The molecule has 1 atom stereocenters. The molecule has 24 heavy (non-hydrogen) atoms. The second kappa shape index (κ2) is 9.42. The summed E-state index contributed by atoms with van der Waals surface area (Å²) in [7, 11) is 3.68. The van der Waals surface area contributed by atoms with Gasteiger partial charge in [-0.1, -0.05) is 12.1 Å². The highest BCUT2D eigenvalue weighted by atomic mass is 19.3. The maximum Gasteiger partial charge on any atom is 0.387 e. The van der Waals surface area contributed by atoms with Crippen LogP contribution >= 0.6 is 0 Å². The van der Waals surface area contributed by atoms with Gasteiger partial charge in [-0.25, -0.2) is 0 Å². The molecule has 2 rings (SSSR count). The van der Waals surface area contributed by atoms with Gasteiger partial charge >= 0.3 is 6.61 Å². The molecule has 1 unspecified atom stereocenters. The van der Waals surface area contributed by atoms with Gasteiger partial charge in [0.05, 0.1) is 6.10 Å². The first-order chi connectivity index (χ1) is 11.6. The Morgan fingerprint density at radius 1 is 1.42 bits per heavy atom. The molecular weight excluding hydrogens is 316 g/mol. The van der Waals surface area contributed by atoms with Crippen molar-refractivity contribution < 1.29 is 18.3 Å². The molecule has 1 fully saturated rings. The van der Waals surface area contributed by atoms with Gasteiger partial charge in [-0.15, -0.1) is 0 Å². The largest absolute Gasteiger partial charge is 0.435 e. The molecule has 0 radical (unpaired) electrons. The van der Waals surface area contributed by atoms with Crippen LogP contribution in [0.25, 0.3) is 0 Å². The third kappa shape index (κ3) is 5.96. The smallest absolute Gasteiger partial charge is 0.387 e. The Hall–Kier alpha value is -1.89. The van der Waals surface area contributed by atoms with Gasteiger partial charge in [0.15, 0.2) is 5.96 Å². The van der Waals surface area contributed by atoms with Crippen molar-refractivity contribution in [1.82, 2.24) is 10.2 Å². The van der Waals surface area contributed by atoms with E-state index in [4.69, 9.17) is 4.74 Å². The molecule has 0 saturated carbocycles. The van der Waals surface area contributed by atoms with Crippen LogP contribution in [-0.4, -0.2) is 50.8 Å². The zero-order chi connectivity index (χ0) is 17.4. The number of halogens is 2. The van der Waals surface area contributed by atoms with E-state index in [1.807, 2.05) is 11.9 Å². The van der Waals surface area contributed by atoms with E-state index in [9.17, 15) is 8.78 Å². The third-order valence-electron chi connectivity index (χ3n) is 3.92. The van der Waals surface area contributed by atoms with Crippen LogP contribution in [-0.2, 0) is 11.3 Å². The van der Waals surface area contributed by atoms with Gasteiger partial charge in [0.2, 0.25) is 0 Å². The molecule has 1 aliphatic rings. The van der Waals surface area contributed by atoms with Crippen LogP contribution in [0.15, 0.2) is 29.3 Å². The summed E-state index contributed by atoms with van der Waals surface area (Å²) in [6.07, 6.45) is 3.59. The fourth-order valence-corrected chi connectivity index (χ4v) is 2.73. The Balaban J connectivity index is 1.79. The summed E-state index contributed by atoms with van der Waals surface area (Å²) in [5.41, 5.74) is 0.987. The molecule has 0 aromatic heterocycles. The van der Waals surface area contributed by atoms with Gasteiger partial charge in [-0.3, -0.25) is 4.99 Å². The maximum absolute atomic E-state index is 12.1. The normalized spacial score (nSPS) is 18.0. The van der Waals surface area contributed by atoms with Crippen molar-refractivity contribution in [2.75, 3.05) is 27.2 Å². The second-order valence-electron chi connectivity index (χ2n) is 5.78. The number of guanidine groups is 1. The molecule has 1 aromatic rings. The molecule has 0 amide bonds. The average Bonchev–Trinajstić information content (AvgIpc) is 3.06. The van der Waals surface area contributed by atoms with Crippen LogP contribution in [0.4, 0.5) is 8.78 Å². The van der Waals surface area contributed by atoms with Crippen molar-refractivity contribution in [3.05, 3.63) is 29.8 Å². The first-order valence-electron chi connectivity index (χ1n) is 8.15. The van der Waals surface area contributed by atoms with Gasteiger partial charge < -0.3 is 19.7 Å². The van der Waals surface area contributed by atoms with E-state index in [1.54, 1.807) is 31.3 Å². The monoisotopic (exact) mass is 341 g/mol. The molecule has 1 heterocycles. The highest BCUT2D eigenvalue weighted by Crippen LogP contribution is 2.16. The maximum atomic E-state index is 12.1. The lowest BCUT2D eigenvalue weighted by Gasteiger charge is -2.23. The molecule has 5 nitrogen and oxygen atoms in total. The minimum Gasteiger partial charge on any atom is -0.435 e. The average molecular weight is 341 g/mol. The summed E-state index contributed by atoms with van der Waals surface area (Å²) in [6.45, 7) is -0.507. The number of rotatable bonds is 7. The molecule has 1 aromatic carbocycles. The van der Waals surface area contributed by atoms with Crippen LogP contribution in [0.3, 0.4) is 0 Å². The van der Waals surface area contributed by atoms with Crippen LogP contribution in [0, 0.1) is 0 Å². The number of nitrogens with one attached hydrogen (secondary N) is 1. The third-order valence-corrected chi connectivity index (χ3v) is 3.92. The SMILES string of the molecule is CN=C(NCCC1CCCO1)N(C)Cc1ccc(OC(F)F)cc1. The Morgan fingerprint density at radius 3 is 2.75 bits per heavy atom. The predicted octanol–water partition coefficient (Wildman–Crippen LogP) is 2.86. The molecule has 1 aliphatic heterocycles. The van der Waals surface area contributed by atoms with Gasteiger partial charge in [0.1, 0.15) is 5.75 Å². The molecule has 0 bridgehead atoms. The summed E-state index contributed by atoms with van der Waals surface area (Å²) in [6, 6.07) is 6.63. The summed E-state index contributed by atoms with van der Waals surface area (Å²) in [5, 5.41) is 3.33. The minimum absolute atomic E-state index is 0.162. The molecule has 1 N–H and O–H groups in total. The van der Waals surface area contributed by atoms with Crippen molar-refractivity contribution in [3.63, 3.8) is 0 Å². The fraction of sp³-hybridized carbons (Fsp3) is 0.588. The minimum atomic E-state index is -2.80. The van der Waals surface area contributed by atoms with Gasteiger partial charge in [0.25, 0.3) is 0 Å². The molecular formula is C17H25F2N3O2. The van der Waals surface area contributed by atoms with E-state index >= 15 is 0 Å². The summed E-state index contributed by atoms with van der Waals surface area (Å²) >= 11 is 0. The van der Waals surface area contributed by atoms with Crippen LogP contribution in [0.5, 0.6) is 5.75 Å². The second-order valence-corrected chi connectivity index (χ2v) is 5.78. The highest BCUT2D eigenvalue weighted by molar-refractivity contribution is 5.79. The number of benzene rings is 1. The topological polar surface area (TPSA) is 46.1 Å². The number of alkyl halides is 2. The lowest BCUT2D eigenvalue weighted by Crippen LogP contribution is -2.39. The zero-order valence-electron chi connectivity index (χ0n) is 14.2.